The molecule has 0 saturated carbocycles. The van der Waals surface area contributed by atoms with Crippen LogP contribution in [0.5, 0.6) is 0 Å². The lowest BCUT2D eigenvalue weighted by atomic mass is 9.93. The third-order valence-corrected chi connectivity index (χ3v) is 5.32. The summed E-state index contributed by atoms with van der Waals surface area (Å²) in [7, 11) is 2.01. The fourth-order valence-corrected chi connectivity index (χ4v) is 3.46. The van der Waals surface area contributed by atoms with Crippen molar-refractivity contribution in [3.63, 3.8) is 0 Å². The van der Waals surface area contributed by atoms with Gasteiger partial charge in [-0.1, -0.05) is 55.5 Å². The molecular weight excluding hydrogens is 432 g/mol. The molecule has 34 heavy (non-hydrogen) atoms. The van der Waals surface area contributed by atoms with Crippen LogP contribution in [0.3, 0.4) is 0 Å². The molecule has 7 heteroatoms. The van der Waals surface area contributed by atoms with Crippen molar-refractivity contribution in [2.45, 2.75) is 58.2 Å². The summed E-state index contributed by atoms with van der Waals surface area (Å²) in [6, 6.07) is 18.2. The zero-order valence-electron chi connectivity index (χ0n) is 20.8. The number of benzene rings is 2. The van der Waals surface area contributed by atoms with Gasteiger partial charge in [0.15, 0.2) is 6.29 Å². The molecule has 1 heterocycles. The highest BCUT2D eigenvalue weighted by molar-refractivity contribution is 5.94. The highest BCUT2D eigenvalue weighted by atomic mass is 16.8. The first-order chi connectivity index (χ1) is 16.7. The summed E-state index contributed by atoms with van der Waals surface area (Å²) in [5.74, 6) is 0.492. The number of carbonyl (C=O) groups excluding carboxylic acids is 3. The Morgan fingerprint density at radius 1 is 1.06 bits per heavy atom. The largest absolute Gasteiger partial charge is 0.350 e. The second-order valence-electron chi connectivity index (χ2n) is 7.57. The molecule has 0 bridgehead atoms. The van der Waals surface area contributed by atoms with Gasteiger partial charge < -0.3 is 19.6 Å². The Bertz CT molecular complexity index is 765. The number of ether oxygens (including phenoxy) is 1. The van der Waals surface area contributed by atoms with Crippen molar-refractivity contribution in [3.8, 4) is 0 Å². The molecule has 2 aromatic rings. The van der Waals surface area contributed by atoms with E-state index in [0.717, 1.165) is 31.4 Å². The zero-order valence-corrected chi connectivity index (χ0v) is 20.8. The summed E-state index contributed by atoms with van der Waals surface area (Å²) in [5.41, 5.74) is 5.47. The molecular formula is C27H40N2O5. The molecule has 1 saturated heterocycles. The Labute approximate surface area is 204 Å². The summed E-state index contributed by atoms with van der Waals surface area (Å²) in [5, 5.41) is 3.20. The topological polar surface area (TPSA) is 93.7 Å². The molecule has 7 nitrogen and oxygen atoms in total. The molecule has 2 atom stereocenters. The van der Waals surface area contributed by atoms with Crippen molar-refractivity contribution in [3.05, 3.63) is 71.3 Å². The van der Waals surface area contributed by atoms with Gasteiger partial charge in [-0.15, -0.1) is 0 Å². The van der Waals surface area contributed by atoms with E-state index in [-0.39, 0.29) is 12.2 Å². The Morgan fingerprint density at radius 3 is 2.26 bits per heavy atom. The lowest BCUT2D eigenvalue weighted by Gasteiger charge is -2.22. The van der Waals surface area contributed by atoms with Crippen LogP contribution in [-0.2, 0) is 19.2 Å². The van der Waals surface area contributed by atoms with Crippen molar-refractivity contribution < 1.29 is 24.0 Å². The van der Waals surface area contributed by atoms with Crippen LogP contribution >= 0.6 is 0 Å². The second-order valence-corrected chi connectivity index (χ2v) is 7.57. The van der Waals surface area contributed by atoms with Crippen molar-refractivity contribution >= 4 is 19.5 Å². The van der Waals surface area contributed by atoms with Gasteiger partial charge in [0.2, 0.25) is 0 Å². The smallest absolute Gasteiger partial charge is 0.275 e. The first-order valence-corrected chi connectivity index (χ1v) is 11.6. The molecule has 1 amide bonds. The molecule has 188 valence electrons. The number of nitrogens with one attached hydrogen (secondary N) is 2. The highest BCUT2D eigenvalue weighted by Gasteiger charge is 2.16. The lowest BCUT2D eigenvalue weighted by Crippen LogP contribution is -2.33. The van der Waals surface area contributed by atoms with Gasteiger partial charge in [0.1, 0.15) is 13.6 Å². The minimum absolute atomic E-state index is 0.225. The molecule has 2 unspecified atom stereocenters. The average Bonchev–Trinajstić information content (AvgIpc) is 2.92. The first-order valence-electron chi connectivity index (χ1n) is 11.6. The fourth-order valence-electron chi connectivity index (χ4n) is 3.46. The number of aryl methyl sites for hydroxylation is 1. The maximum absolute atomic E-state index is 11.8. The van der Waals surface area contributed by atoms with Crippen molar-refractivity contribution in [2.24, 2.45) is 0 Å². The number of hydroxylamine groups is 1. The molecule has 2 aromatic carbocycles. The van der Waals surface area contributed by atoms with E-state index in [9.17, 15) is 4.79 Å². The molecule has 2 N–H and O–H groups in total. The Hall–Kier alpha value is -2.87. The second kappa shape index (κ2) is 20.7. The monoisotopic (exact) mass is 472 g/mol. The molecule has 3 rings (SSSR count). The molecule has 0 radical (unpaired) electrons. The van der Waals surface area contributed by atoms with Gasteiger partial charge in [-0.3, -0.25) is 4.79 Å². The van der Waals surface area contributed by atoms with Crippen LogP contribution in [0.15, 0.2) is 54.6 Å². The van der Waals surface area contributed by atoms with Crippen molar-refractivity contribution in [1.82, 2.24) is 10.8 Å². The molecule has 0 aromatic heterocycles. The number of carbonyl (C=O) groups is 3. The van der Waals surface area contributed by atoms with Crippen molar-refractivity contribution in [2.75, 3.05) is 20.2 Å². The van der Waals surface area contributed by atoms with E-state index in [1.165, 1.54) is 18.4 Å². The van der Waals surface area contributed by atoms with Gasteiger partial charge in [0.05, 0.1) is 0 Å². The van der Waals surface area contributed by atoms with Gasteiger partial charge in [-0.05, 0) is 69.3 Å². The normalized spacial score (nSPS) is 15.1. The Balaban J connectivity index is 0.000000574. The summed E-state index contributed by atoms with van der Waals surface area (Å²) in [6.07, 6.45) is 5.12. The van der Waals surface area contributed by atoms with Gasteiger partial charge >= 0.3 is 0 Å². The van der Waals surface area contributed by atoms with E-state index in [0.29, 0.717) is 18.1 Å². The van der Waals surface area contributed by atoms with Crippen LogP contribution in [0, 0.1) is 6.92 Å². The van der Waals surface area contributed by atoms with Crippen LogP contribution in [0.25, 0.3) is 0 Å². The molecule has 1 fully saturated rings. The zero-order chi connectivity index (χ0) is 25.6. The van der Waals surface area contributed by atoms with Crippen LogP contribution in [-0.4, -0.2) is 46.0 Å². The van der Waals surface area contributed by atoms with Gasteiger partial charge in [0, 0.05) is 18.6 Å². The number of amides is 1. The van der Waals surface area contributed by atoms with Crippen LogP contribution < -0.4 is 10.8 Å². The summed E-state index contributed by atoms with van der Waals surface area (Å²) in [6.45, 7) is 9.96. The van der Waals surface area contributed by atoms with Crippen molar-refractivity contribution in [1.29, 1.82) is 0 Å². The quantitative estimate of drug-likeness (QED) is 0.545. The number of rotatable bonds is 8. The third-order valence-electron chi connectivity index (χ3n) is 5.32. The lowest BCUT2D eigenvalue weighted by molar-refractivity contribution is -0.186. The van der Waals surface area contributed by atoms with Gasteiger partial charge in [-0.25, -0.2) is 10.3 Å². The maximum Gasteiger partial charge on any atom is 0.275 e. The average molecular weight is 473 g/mol. The minimum Gasteiger partial charge on any atom is -0.350 e. The Kier molecular flexibility index (Phi) is 19.0. The number of hydrogen-bond acceptors (Lipinski definition) is 6. The highest BCUT2D eigenvalue weighted by Crippen LogP contribution is 2.22. The number of hydrogen-bond donors (Lipinski definition) is 2. The van der Waals surface area contributed by atoms with E-state index < -0.39 is 0 Å². The standard InChI is InChI=1S/C13H17NO3.C12H19N.2CH2O/c1-10-6-2-3-7-11(10)13(15)14-17-12-8-4-5-9-16-12;1-3-11(9-10-13-2)12-7-5-4-6-8-12;2*1-2/h2-3,6-7,12H,4-5,8-9H2,1H3,(H,14,15);4-8,11,13H,3,9-10H2,1-2H3;2*1H2. The van der Waals surface area contributed by atoms with Crippen LogP contribution in [0.1, 0.15) is 66.4 Å². The molecule has 0 spiro atoms. The summed E-state index contributed by atoms with van der Waals surface area (Å²) in [4.78, 5) is 33.0. The molecule has 0 aliphatic carbocycles. The van der Waals surface area contributed by atoms with Gasteiger partial charge in [0.25, 0.3) is 5.91 Å². The van der Waals surface area contributed by atoms with Crippen LogP contribution in [0.4, 0.5) is 0 Å². The maximum atomic E-state index is 11.8. The predicted molar refractivity (Wildman–Crippen MR) is 136 cm³/mol. The van der Waals surface area contributed by atoms with E-state index in [1.54, 1.807) is 6.07 Å². The predicted octanol–water partition coefficient (Wildman–Crippen LogP) is 4.60. The van der Waals surface area contributed by atoms with E-state index >= 15 is 0 Å². The van der Waals surface area contributed by atoms with Gasteiger partial charge in [-0.2, -0.15) is 0 Å². The fraction of sp³-hybridized carbons (Fsp3) is 0.444. The molecule has 1 aliphatic rings. The summed E-state index contributed by atoms with van der Waals surface area (Å²) < 4.78 is 5.36. The summed E-state index contributed by atoms with van der Waals surface area (Å²) >= 11 is 0. The Morgan fingerprint density at radius 2 is 1.71 bits per heavy atom. The minimum atomic E-state index is -0.309. The van der Waals surface area contributed by atoms with E-state index in [1.807, 2.05) is 45.7 Å². The SMILES string of the molecule is C=O.C=O.CCC(CCNC)c1ccccc1.Cc1ccccc1C(=O)NOC1CCCCO1. The third kappa shape index (κ3) is 12.4. The molecule has 1 aliphatic heterocycles. The first kappa shape index (κ1) is 31.1. The van der Waals surface area contributed by atoms with E-state index in [4.69, 9.17) is 19.2 Å². The van der Waals surface area contributed by atoms with Crippen LogP contribution in [0.2, 0.25) is 0 Å². The van der Waals surface area contributed by atoms with E-state index in [2.05, 4.69) is 48.1 Å².